The van der Waals surface area contributed by atoms with Gasteiger partial charge >= 0.3 is 0 Å². The Morgan fingerprint density at radius 2 is 2.16 bits per heavy atom. The largest absolute Gasteiger partial charge is 0.369 e. The molecule has 0 aliphatic heterocycles. The average Bonchev–Trinajstić information content (AvgIpc) is 3.26. The number of nitrogens with two attached hydrogens (primary N) is 1. The number of hydrogen-bond acceptors (Lipinski definition) is 6. The number of allylic oxidation sites excluding steroid dienone is 1. The van der Waals surface area contributed by atoms with E-state index < -0.39 is 0 Å². The molecule has 0 unspecified atom stereocenters. The van der Waals surface area contributed by atoms with E-state index in [0.29, 0.717) is 16.8 Å². The van der Waals surface area contributed by atoms with Crippen LogP contribution in [0, 0.1) is 17.8 Å². The standard InChI is InChI=1S/C16H18ClN7O/c1-24-7-10(5-20-24)21-16-19-6-11(17)15(23-16)22-13-9-3-2-8(4-9)12(13)14(18)25/h2-3,5-9,12-13H,4H2,1H3,(H2,18,25)(H2,19,21,22,23)/t8-,9+,12-,13+/m0/s1. The van der Waals surface area contributed by atoms with Crippen LogP contribution in [0.2, 0.25) is 5.02 Å². The Labute approximate surface area is 149 Å². The minimum Gasteiger partial charge on any atom is -0.369 e. The fraction of sp³-hybridized carbons (Fsp3) is 0.375. The summed E-state index contributed by atoms with van der Waals surface area (Å²) in [5.41, 5.74) is 6.37. The summed E-state index contributed by atoms with van der Waals surface area (Å²) in [6.07, 6.45) is 10.2. The molecular weight excluding hydrogens is 342 g/mol. The molecule has 0 spiro atoms. The molecular formula is C16H18ClN7O. The van der Waals surface area contributed by atoms with Crippen LogP contribution in [0.1, 0.15) is 6.42 Å². The second kappa shape index (κ2) is 6.03. The van der Waals surface area contributed by atoms with E-state index in [1.165, 1.54) is 6.20 Å². The number of carbonyl (C=O) groups excluding carboxylic acids is 1. The van der Waals surface area contributed by atoms with E-state index >= 15 is 0 Å². The lowest BCUT2D eigenvalue weighted by molar-refractivity contribution is -0.122. The van der Waals surface area contributed by atoms with Crippen molar-refractivity contribution in [2.24, 2.45) is 30.5 Å². The summed E-state index contributed by atoms with van der Waals surface area (Å²) >= 11 is 6.25. The normalized spacial score (nSPS) is 26.8. The highest BCUT2D eigenvalue weighted by Gasteiger charge is 2.47. The van der Waals surface area contributed by atoms with E-state index in [-0.39, 0.29) is 29.7 Å². The van der Waals surface area contributed by atoms with Crippen LogP contribution in [0.25, 0.3) is 0 Å². The number of hydrogen-bond donors (Lipinski definition) is 3. The van der Waals surface area contributed by atoms with Gasteiger partial charge in [-0.15, -0.1) is 0 Å². The number of nitrogens with zero attached hydrogens (tertiary/aromatic N) is 4. The van der Waals surface area contributed by atoms with Crippen molar-refractivity contribution in [3.63, 3.8) is 0 Å². The molecule has 130 valence electrons. The van der Waals surface area contributed by atoms with Gasteiger partial charge in [0.25, 0.3) is 0 Å². The predicted octanol–water partition coefficient (Wildman–Crippen LogP) is 1.69. The molecule has 2 bridgehead atoms. The first-order valence-electron chi connectivity index (χ1n) is 8.03. The van der Waals surface area contributed by atoms with Gasteiger partial charge in [-0.05, 0) is 18.3 Å². The van der Waals surface area contributed by atoms with Crippen LogP contribution < -0.4 is 16.4 Å². The molecule has 2 aromatic rings. The van der Waals surface area contributed by atoms with E-state index in [1.807, 2.05) is 13.2 Å². The van der Waals surface area contributed by atoms with E-state index in [2.05, 4.69) is 37.9 Å². The Morgan fingerprint density at radius 1 is 1.36 bits per heavy atom. The van der Waals surface area contributed by atoms with Crippen molar-refractivity contribution in [1.29, 1.82) is 0 Å². The summed E-state index contributed by atoms with van der Waals surface area (Å²) < 4.78 is 1.68. The number of carbonyl (C=O) groups is 1. The van der Waals surface area contributed by atoms with Crippen LogP contribution in [0.15, 0.2) is 30.7 Å². The zero-order valence-corrected chi connectivity index (χ0v) is 14.3. The van der Waals surface area contributed by atoms with E-state index in [0.717, 1.165) is 12.1 Å². The first kappa shape index (κ1) is 15.9. The molecule has 0 radical (unpaired) electrons. The van der Waals surface area contributed by atoms with Gasteiger partial charge in [0.05, 0.1) is 24.0 Å². The Balaban J connectivity index is 1.57. The van der Waals surface area contributed by atoms with E-state index in [1.54, 1.807) is 10.9 Å². The molecule has 1 amide bonds. The number of fused-ring (bicyclic) bond motifs is 2. The molecule has 0 saturated heterocycles. The number of amides is 1. The molecule has 9 heteroatoms. The van der Waals surface area contributed by atoms with Gasteiger partial charge in [0.1, 0.15) is 5.02 Å². The maximum atomic E-state index is 11.8. The van der Waals surface area contributed by atoms with Gasteiger partial charge in [0, 0.05) is 19.3 Å². The first-order chi connectivity index (χ1) is 12.0. The van der Waals surface area contributed by atoms with E-state index in [9.17, 15) is 4.79 Å². The SMILES string of the molecule is Cn1cc(Nc2ncc(Cl)c(N[C@H]3[C@@H](C(N)=O)[C@H]4C=C[C@@H]3C4)n2)cn1. The van der Waals surface area contributed by atoms with E-state index in [4.69, 9.17) is 17.3 Å². The van der Waals surface area contributed by atoms with Crippen molar-refractivity contribution in [1.82, 2.24) is 19.7 Å². The molecule has 4 rings (SSSR count). The van der Waals surface area contributed by atoms with Crippen molar-refractivity contribution in [3.05, 3.63) is 35.8 Å². The minimum atomic E-state index is -0.298. The van der Waals surface area contributed by atoms with Crippen LogP contribution in [0.4, 0.5) is 17.5 Å². The monoisotopic (exact) mass is 359 g/mol. The Kier molecular flexibility index (Phi) is 3.84. The van der Waals surface area contributed by atoms with Crippen molar-refractivity contribution in [2.75, 3.05) is 10.6 Å². The first-order valence-corrected chi connectivity index (χ1v) is 8.41. The van der Waals surface area contributed by atoms with Crippen LogP contribution in [0.5, 0.6) is 0 Å². The second-order valence-electron chi connectivity index (χ2n) is 6.46. The topological polar surface area (TPSA) is 111 Å². The summed E-state index contributed by atoms with van der Waals surface area (Å²) in [7, 11) is 1.83. The summed E-state index contributed by atoms with van der Waals surface area (Å²) in [5.74, 6) is 0.773. The zero-order valence-electron chi connectivity index (χ0n) is 13.6. The third kappa shape index (κ3) is 2.93. The van der Waals surface area contributed by atoms with Gasteiger partial charge in [0.2, 0.25) is 11.9 Å². The van der Waals surface area contributed by atoms with Crippen molar-refractivity contribution in [3.8, 4) is 0 Å². The number of anilines is 3. The highest BCUT2D eigenvalue weighted by molar-refractivity contribution is 6.32. The van der Waals surface area contributed by atoms with Gasteiger partial charge < -0.3 is 16.4 Å². The molecule has 2 aliphatic rings. The highest BCUT2D eigenvalue weighted by Crippen LogP contribution is 2.45. The number of nitrogens with one attached hydrogen (secondary N) is 2. The van der Waals surface area contributed by atoms with Crippen LogP contribution in [0.3, 0.4) is 0 Å². The lowest BCUT2D eigenvalue weighted by Crippen LogP contribution is -2.41. The molecule has 8 nitrogen and oxygen atoms in total. The molecule has 25 heavy (non-hydrogen) atoms. The summed E-state index contributed by atoms with van der Waals surface area (Å²) in [6.45, 7) is 0. The number of halogens is 1. The molecule has 0 aromatic carbocycles. The van der Waals surface area contributed by atoms with Gasteiger partial charge in [-0.25, -0.2) is 4.98 Å². The predicted molar refractivity (Wildman–Crippen MR) is 94.4 cm³/mol. The summed E-state index contributed by atoms with van der Waals surface area (Å²) in [5, 5.41) is 10.9. The molecule has 2 aromatic heterocycles. The van der Waals surface area contributed by atoms with Crippen molar-refractivity contribution >= 4 is 35.0 Å². The molecule has 4 atom stereocenters. The lowest BCUT2D eigenvalue weighted by Gasteiger charge is -2.27. The van der Waals surface area contributed by atoms with Gasteiger partial charge in [-0.3, -0.25) is 9.48 Å². The quantitative estimate of drug-likeness (QED) is 0.701. The maximum absolute atomic E-state index is 11.8. The molecule has 4 N–H and O–H groups in total. The summed E-state index contributed by atoms with van der Waals surface area (Å²) in [6, 6.07) is -0.105. The number of aromatic nitrogens is 4. The molecule has 1 saturated carbocycles. The maximum Gasteiger partial charge on any atom is 0.229 e. The number of primary amides is 1. The lowest BCUT2D eigenvalue weighted by atomic mass is 9.88. The molecule has 2 aliphatic carbocycles. The zero-order chi connectivity index (χ0) is 17.6. The Hall–Kier alpha value is -2.61. The summed E-state index contributed by atoms with van der Waals surface area (Å²) in [4.78, 5) is 20.5. The van der Waals surface area contributed by atoms with Crippen molar-refractivity contribution in [2.45, 2.75) is 12.5 Å². The number of rotatable bonds is 5. The van der Waals surface area contributed by atoms with Crippen LogP contribution in [-0.2, 0) is 11.8 Å². The second-order valence-corrected chi connectivity index (χ2v) is 6.87. The van der Waals surface area contributed by atoms with Gasteiger partial charge in [-0.2, -0.15) is 10.1 Å². The molecule has 2 heterocycles. The highest BCUT2D eigenvalue weighted by atomic mass is 35.5. The minimum absolute atomic E-state index is 0.105. The third-order valence-electron chi connectivity index (χ3n) is 4.80. The van der Waals surface area contributed by atoms with Crippen LogP contribution >= 0.6 is 11.6 Å². The van der Waals surface area contributed by atoms with Crippen LogP contribution in [-0.4, -0.2) is 31.7 Å². The third-order valence-corrected chi connectivity index (χ3v) is 5.07. The Morgan fingerprint density at radius 3 is 2.88 bits per heavy atom. The smallest absolute Gasteiger partial charge is 0.229 e. The average molecular weight is 360 g/mol. The van der Waals surface area contributed by atoms with Gasteiger partial charge in [0.15, 0.2) is 5.82 Å². The van der Waals surface area contributed by atoms with Crippen molar-refractivity contribution < 1.29 is 4.79 Å². The fourth-order valence-electron chi connectivity index (χ4n) is 3.71. The Bertz CT molecular complexity index is 849. The van der Waals surface area contributed by atoms with Gasteiger partial charge in [-0.1, -0.05) is 23.8 Å². The fourth-order valence-corrected chi connectivity index (χ4v) is 3.85. The number of aryl methyl sites for hydroxylation is 1. The molecule has 1 fully saturated rings.